The van der Waals surface area contributed by atoms with Gasteiger partial charge in [-0.1, -0.05) is 87.9 Å². The van der Waals surface area contributed by atoms with Crippen LogP contribution in [0.5, 0.6) is 0 Å². The van der Waals surface area contributed by atoms with Crippen LogP contribution in [0.15, 0.2) is 87.9 Å². The van der Waals surface area contributed by atoms with Gasteiger partial charge in [0.05, 0.1) is 160 Å². The number of aromatic nitrogens is 8. The molecule has 35 heteroatoms. The highest BCUT2D eigenvalue weighted by molar-refractivity contribution is 6.39. The number of carbonyl (C=O) groups excluding carboxylic acids is 4. The summed E-state index contributed by atoms with van der Waals surface area (Å²) in [6, 6.07) is 4.50. The Morgan fingerprint density at radius 3 is 2.05 bits per heavy atom. The number of allylic oxidation sites excluding steroid dienone is 5. The zero-order chi connectivity index (χ0) is 90.3. The number of carbonyl (C=O) groups is 4. The fraction of sp³-hybridized carbons (Fsp3) is 0.703. The first-order chi connectivity index (χ1) is 60.9. The van der Waals surface area contributed by atoms with Gasteiger partial charge in [-0.05, 0) is 138 Å². The van der Waals surface area contributed by atoms with E-state index >= 15 is 0 Å². The molecule has 2 bridgehead atoms. The van der Waals surface area contributed by atoms with Gasteiger partial charge in [0.1, 0.15) is 59.2 Å². The van der Waals surface area contributed by atoms with E-state index in [4.69, 9.17) is 97.3 Å². The van der Waals surface area contributed by atoms with Gasteiger partial charge in [0.2, 0.25) is 5.79 Å². The highest BCUT2D eigenvalue weighted by Crippen LogP contribution is 2.40. The fourth-order valence-corrected chi connectivity index (χ4v) is 16.8. The van der Waals surface area contributed by atoms with E-state index in [1.165, 1.54) is 18.3 Å². The summed E-state index contributed by atoms with van der Waals surface area (Å²) in [6.07, 6.45) is 18.8. The Morgan fingerprint density at radius 1 is 0.706 bits per heavy atom. The van der Waals surface area contributed by atoms with Crippen molar-refractivity contribution in [1.29, 1.82) is 0 Å². The number of fused-ring (bicyclic) bond motifs is 5. The molecule has 1 saturated carbocycles. The van der Waals surface area contributed by atoms with Crippen molar-refractivity contribution in [3.05, 3.63) is 84.0 Å². The number of hydrogen-bond acceptors (Lipinski definition) is 32. The van der Waals surface area contributed by atoms with Gasteiger partial charge in [-0.15, -0.1) is 5.10 Å². The molecule has 4 aliphatic rings. The van der Waals surface area contributed by atoms with Crippen LogP contribution in [0.2, 0.25) is 0 Å². The molecule has 9 rings (SSSR count). The van der Waals surface area contributed by atoms with Crippen molar-refractivity contribution >= 4 is 63.1 Å². The number of nitrogen functional groups attached to an aromatic ring is 2. The molecule has 126 heavy (non-hydrogen) atoms. The largest absolute Gasteiger partial charge is 0.460 e. The number of aryl methyl sites for hydroxylation is 1. The van der Waals surface area contributed by atoms with E-state index < -0.39 is 78.1 Å². The predicted molar refractivity (Wildman–Crippen MR) is 470 cm³/mol. The summed E-state index contributed by atoms with van der Waals surface area (Å²) in [5.41, 5.74) is 17.8. The van der Waals surface area contributed by atoms with Gasteiger partial charge < -0.3 is 107 Å². The third-order valence-corrected chi connectivity index (χ3v) is 24.1. The minimum Gasteiger partial charge on any atom is -0.460 e. The number of hydrogen-bond donors (Lipinski definition) is 5. The molecule has 702 valence electrons. The average molecular weight is 1770 g/mol. The van der Waals surface area contributed by atoms with Crippen LogP contribution in [0.1, 0.15) is 163 Å². The number of nitrogens with zero attached hydrogens (tertiary/aromatic N) is 10. The zero-order valence-electron chi connectivity index (χ0n) is 75.8. The van der Waals surface area contributed by atoms with Gasteiger partial charge in [0, 0.05) is 90.5 Å². The van der Waals surface area contributed by atoms with E-state index in [0.29, 0.717) is 240 Å². The van der Waals surface area contributed by atoms with E-state index in [1.54, 1.807) is 45.2 Å². The maximum atomic E-state index is 14.9. The van der Waals surface area contributed by atoms with Crippen LogP contribution in [0.4, 0.5) is 11.8 Å². The number of ether oxygens (including phenoxy) is 14. The first-order valence-electron chi connectivity index (χ1n) is 44.9. The van der Waals surface area contributed by atoms with Crippen LogP contribution < -0.4 is 11.5 Å². The van der Waals surface area contributed by atoms with Crippen molar-refractivity contribution in [2.75, 3.05) is 152 Å². The Bertz CT molecular complexity index is 4270. The Hall–Kier alpha value is -7.95. The van der Waals surface area contributed by atoms with Gasteiger partial charge >= 0.3 is 5.97 Å². The summed E-state index contributed by atoms with van der Waals surface area (Å²) in [6.45, 7) is 21.1. The first-order valence-corrected chi connectivity index (χ1v) is 44.9. The van der Waals surface area contributed by atoms with Crippen LogP contribution >= 0.6 is 0 Å². The topological polar surface area (TPSA) is 435 Å². The zero-order valence-corrected chi connectivity index (χ0v) is 75.8. The SMILES string of the molecule is CO[C@H]1C[C@@H]2CC[C@@H](C)[C@@](O)(O2)C(=O)C(=O)N2CCCC[C@H]2C(=O)O[C@H]([C@H](C)C[C@@H]2CC[C@@H](O)[C@H](OC)C2)C[C@@H](OC)[C@H](C)/C=C(\C)[C@@H](O)[C@@H](OC)C(=NOCc2cn(CCOCCOCCOCCOCCOCCOCCOCCOCCC(=O)CCCCCn3nc(-c4ccc5oc(N)nc5c4)c4c(N)ncnc43)nn2)[C@H](C)C[C@H](C)/C=C/C=C/C=C/1C. The number of oxazole rings is 1. The number of unbranched alkanes of at least 4 members (excludes halogenated alkanes) is 2. The highest BCUT2D eigenvalue weighted by Gasteiger charge is 2.53. The second kappa shape index (κ2) is 53.9. The highest BCUT2D eigenvalue weighted by atomic mass is 16.6. The van der Waals surface area contributed by atoms with Crippen LogP contribution in [-0.4, -0.2) is 290 Å². The monoisotopic (exact) mass is 1770 g/mol. The van der Waals surface area contributed by atoms with E-state index in [9.17, 15) is 34.5 Å². The van der Waals surface area contributed by atoms with Crippen LogP contribution in [0.3, 0.4) is 0 Å². The van der Waals surface area contributed by atoms with Gasteiger partial charge in [-0.3, -0.25) is 14.4 Å². The molecule has 0 spiro atoms. The number of methoxy groups -OCH3 is 4. The van der Waals surface area contributed by atoms with E-state index in [2.05, 4.69) is 38.3 Å². The molecular weight excluding hydrogens is 1630 g/mol. The quantitative estimate of drug-likeness (QED) is 0.00796. The molecule has 1 amide bonds. The number of cyclic esters (lactones) is 1. The number of rotatable bonds is 44. The minimum atomic E-state index is -2.44. The molecule has 2 saturated heterocycles. The van der Waals surface area contributed by atoms with Crippen LogP contribution in [0, 0.1) is 35.5 Å². The lowest BCUT2D eigenvalue weighted by molar-refractivity contribution is -0.265. The average Bonchev–Trinajstić information content (AvgIpc) is 1.72. The van der Waals surface area contributed by atoms with Crippen LogP contribution in [0.25, 0.3) is 33.4 Å². The van der Waals surface area contributed by atoms with Gasteiger partial charge in [0.25, 0.3) is 17.7 Å². The maximum absolute atomic E-state index is 14.9. The van der Waals surface area contributed by atoms with Gasteiger partial charge in [0.15, 0.2) is 17.8 Å². The molecule has 35 nitrogen and oxygen atoms in total. The maximum Gasteiger partial charge on any atom is 0.329 e. The van der Waals surface area contributed by atoms with Crippen molar-refractivity contribution in [2.24, 2.45) is 40.7 Å². The van der Waals surface area contributed by atoms with Crippen molar-refractivity contribution in [1.82, 2.24) is 44.6 Å². The van der Waals surface area contributed by atoms with E-state index in [0.717, 1.165) is 36.8 Å². The lowest BCUT2D eigenvalue weighted by Gasteiger charge is -2.43. The van der Waals surface area contributed by atoms with E-state index in [-0.39, 0.29) is 73.5 Å². The van der Waals surface area contributed by atoms with Crippen molar-refractivity contribution < 1.29 is 110 Å². The molecular formula is C91H140N12O23. The standard InChI is InChI=1S/C91H140N12O23/c1-60-20-14-12-15-21-61(2)76(111-8)55-71-27-24-66(7)91(110,126-71)85(107)88(108)102-31-19-17-23-73(102)89(109)124-78(63(4)52-67-25-28-74(105)79(53-67)113-10)56-77(112-9)62(3)51-65(6)83(106)84(114-11)81(64(5)50-60)99-123-58-69-57-101(100-97-69)33-35-116-37-39-118-41-43-120-45-47-122-49-48-121-46-44-119-42-40-117-38-36-115-34-30-70(104)22-16-13-18-32-103-87-80(86(92)94-59-95-87)82(98-103)68-26-29-75-72(54-68)96-90(93)125-75/h12,14-15,20-21,26,29,51,54,57,59-60,62-64,66-67,71,73-74,76-79,83-84,105-106,110H,13,16-19,22-25,27-28,30-50,52-53,55-56,58H2,1-11H3,(H2,93,96)(H2,92,94,95)/b15-12+,20-14+,61-21+,65-51+,99-81?/t60-,62-,63-,64-,66-,67+,71+,73+,74-,76+,77-,78+,79-,83-,84+,91-/m1/s1. The van der Waals surface area contributed by atoms with Crippen molar-refractivity contribution in [3.63, 3.8) is 0 Å². The molecule has 1 aromatic carbocycles. The second-order valence-corrected chi connectivity index (χ2v) is 33.6. The third-order valence-electron chi connectivity index (χ3n) is 24.1. The predicted octanol–water partition coefficient (Wildman–Crippen LogP) is 9.69. The minimum absolute atomic E-state index is 0.0221. The second-order valence-electron chi connectivity index (χ2n) is 33.6. The molecule has 4 aromatic heterocycles. The van der Waals surface area contributed by atoms with E-state index in [1.807, 2.05) is 81.8 Å². The number of ketones is 2. The van der Waals surface area contributed by atoms with Gasteiger partial charge in [-0.2, -0.15) is 10.1 Å². The van der Waals surface area contributed by atoms with Crippen molar-refractivity contribution in [2.45, 2.75) is 238 Å². The molecule has 1 aliphatic carbocycles. The summed E-state index contributed by atoms with van der Waals surface area (Å²) in [7, 11) is 6.32. The summed E-state index contributed by atoms with van der Waals surface area (Å²) < 4.78 is 91.1. The molecule has 7 N–H and O–H groups in total. The molecule has 3 aliphatic heterocycles. The number of aliphatic hydroxyl groups is 3. The molecule has 0 unspecified atom stereocenters. The fourth-order valence-electron chi connectivity index (χ4n) is 16.8. The van der Waals surface area contributed by atoms with Gasteiger partial charge in [-0.25, -0.2) is 24.1 Å². The number of benzene rings is 1. The first kappa shape index (κ1) is 102. The summed E-state index contributed by atoms with van der Waals surface area (Å²) >= 11 is 0. The summed E-state index contributed by atoms with van der Waals surface area (Å²) in [5, 5.41) is 54.2. The number of anilines is 2. The van der Waals surface area contributed by atoms with Crippen molar-refractivity contribution in [3.8, 4) is 11.3 Å². The smallest absolute Gasteiger partial charge is 0.329 e. The normalized spacial score (nSPS) is 27.6. The molecule has 7 heterocycles. The number of Topliss-reactive ketones (excluding diaryl/α,β-unsaturated/α-hetero) is 2. The summed E-state index contributed by atoms with van der Waals surface area (Å²) in [4.78, 5) is 76.7. The lowest BCUT2D eigenvalue weighted by Crippen LogP contribution is -2.61. The Morgan fingerprint density at radius 2 is 1.38 bits per heavy atom. The lowest BCUT2D eigenvalue weighted by atomic mass is 9.78. The molecule has 5 aromatic rings. The Labute approximate surface area is 740 Å². The molecule has 3 fully saturated rings. The van der Waals surface area contributed by atoms with Crippen LogP contribution in [-0.2, 0) is 110 Å². The number of aliphatic hydroxyl groups excluding tert-OH is 2. The number of oxime groups is 1. The number of nitrogens with two attached hydrogens (primary N) is 2. The third kappa shape index (κ3) is 31.4. The Kier molecular flexibility index (Phi) is 43.5. The summed E-state index contributed by atoms with van der Waals surface area (Å²) in [5.74, 6) is -6.13. The Balaban J connectivity index is 0.647. The molecule has 16 atom stereocenters. The number of piperidine rings is 1. The number of amides is 1. The molecule has 0 radical (unpaired) electrons. The number of esters is 1.